The molecular formula is C19H21ClN2O2S. The Morgan fingerprint density at radius 2 is 1.52 bits per heavy atom. The summed E-state index contributed by atoms with van der Waals surface area (Å²) in [7, 11) is 0. The van der Waals surface area contributed by atoms with E-state index < -0.39 is 0 Å². The minimum atomic E-state index is -0.0717. The molecule has 0 saturated carbocycles. The van der Waals surface area contributed by atoms with Crippen molar-refractivity contribution in [1.82, 2.24) is 0 Å². The zero-order valence-electron chi connectivity index (χ0n) is 14.2. The molecule has 0 fully saturated rings. The molecule has 0 atom stereocenters. The van der Waals surface area contributed by atoms with Crippen molar-refractivity contribution in [3.8, 4) is 0 Å². The summed E-state index contributed by atoms with van der Waals surface area (Å²) in [6.07, 6.45) is 0.416. The maximum absolute atomic E-state index is 12.0. The van der Waals surface area contributed by atoms with Crippen molar-refractivity contribution in [1.29, 1.82) is 0 Å². The van der Waals surface area contributed by atoms with Crippen LogP contribution < -0.4 is 10.6 Å². The van der Waals surface area contributed by atoms with Gasteiger partial charge in [-0.05, 0) is 48.5 Å². The summed E-state index contributed by atoms with van der Waals surface area (Å²) in [4.78, 5) is 24.7. The Balaban J connectivity index is 1.76. The second-order valence-electron chi connectivity index (χ2n) is 5.82. The fourth-order valence-corrected chi connectivity index (χ4v) is 2.92. The van der Waals surface area contributed by atoms with Crippen molar-refractivity contribution in [2.24, 2.45) is 5.92 Å². The molecule has 0 radical (unpaired) electrons. The smallest absolute Gasteiger partial charge is 0.226 e. The van der Waals surface area contributed by atoms with Crippen LogP contribution in [0.25, 0.3) is 0 Å². The van der Waals surface area contributed by atoms with Crippen molar-refractivity contribution in [3.63, 3.8) is 0 Å². The van der Waals surface area contributed by atoms with Gasteiger partial charge in [-0.1, -0.05) is 25.4 Å². The molecule has 2 aromatic carbocycles. The van der Waals surface area contributed by atoms with Gasteiger partial charge < -0.3 is 10.6 Å². The van der Waals surface area contributed by atoms with Crippen LogP contribution in [0.3, 0.4) is 0 Å². The Bertz CT molecular complexity index is 715. The molecule has 4 nitrogen and oxygen atoms in total. The Morgan fingerprint density at radius 1 is 0.960 bits per heavy atom. The molecule has 0 aliphatic heterocycles. The van der Waals surface area contributed by atoms with E-state index in [1.807, 2.05) is 38.1 Å². The van der Waals surface area contributed by atoms with Crippen molar-refractivity contribution in [2.75, 3.05) is 16.4 Å². The van der Waals surface area contributed by atoms with Crippen LogP contribution >= 0.6 is 23.4 Å². The lowest BCUT2D eigenvalue weighted by Crippen LogP contribution is -2.17. The summed E-state index contributed by atoms with van der Waals surface area (Å²) in [6.45, 7) is 3.68. The Labute approximate surface area is 157 Å². The Kier molecular flexibility index (Phi) is 7.34. The molecule has 2 amide bonds. The van der Waals surface area contributed by atoms with Crippen molar-refractivity contribution in [2.45, 2.75) is 25.2 Å². The number of hydrogen-bond donors (Lipinski definition) is 2. The number of carbonyl (C=O) groups is 2. The van der Waals surface area contributed by atoms with Gasteiger partial charge in [-0.3, -0.25) is 9.59 Å². The average Bonchev–Trinajstić information content (AvgIpc) is 2.58. The normalized spacial score (nSPS) is 10.6. The predicted molar refractivity (Wildman–Crippen MR) is 105 cm³/mol. The second kappa shape index (κ2) is 9.49. The number of halogens is 1. The van der Waals surface area contributed by atoms with E-state index in [9.17, 15) is 9.59 Å². The molecule has 0 heterocycles. The van der Waals surface area contributed by atoms with Crippen LogP contribution in [-0.2, 0) is 9.59 Å². The van der Waals surface area contributed by atoms with Gasteiger partial charge in [0, 0.05) is 39.4 Å². The number of carbonyl (C=O) groups excluding carboxylic acids is 2. The van der Waals surface area contributed by atoms with E-state index in [4.69, 9.17) is 11.6 Å². The van der Waals surface area contributed by atoms with Gasteiger partial charge in [0.2, 0.25) is 11.8 Å². The fraction of sp³-hybridized carbons (Fsp3) is 0.263. The summed E-state index contributed by atoms with van der Waals surface area (Å²) in [5.41, 5.74) is 1.43. The van der Waals surface area contributed by atoms with Crippen LogP contribution in [0.5, 0.6) is 0 Å². The SMILES string of the molecule is CC(C)C(=O)Nc1ccc(NC(=O)CCSc2ccc(Cl)cc2)cc1. The molecule has 6 heteroatoms. The molecular weight excluding hydrogens is 356 g/mol. The second-order valence-corrected chi connectivity index (χ2v) is 7.43. The summed E-state index contributed by atoms with van der Waals surface area (Å²) in [5.74, 6) is 0.546. The minimum Gasteiger partial charge on any atom is -0.326 e. The van der Waals surface area contributed by atoms with Gasteiger partial charge in [-0.15, -0.1) is 11.8 Å². The van der Waals surface area contributed by atoms with Gasteiger partial charge in [0.1, 0.15) is 0 Å². The van der Waals surface area contributed by atoms with E-state index in [0.717, 1.165) is 10.6 Å². The standard InChI is InChI=1S/C19H21ClN2O2S/c1-13(2)19(24)22-16-7-5-15(6-8-16)21-18(23)11-12-25-17-9-3-14(20)4-10-17/h3-10,13H,11-12H2,1-2H3,(H,21,23)(H,22,24). The molecule has 2 rings (SSSR count). The maximum atomic E-state index is 12.0. The molecule has 0 aliphatic carbocycles. The lowest BCUT2D eigenvalue weighted by atomic mass is 10.2. The lowest BCUT2D eigenvalue weighted by Gasteiger charge is -2.09. The monoisotopic (exact) mass is 376 g/mol. The van der Waals surface area contributed by atoms with Gasteiger partial charge in [-0.25, -0.2) is 0 Å². The highest BCUT2D eigenvalue weighted by molar-refractivity contribution is 7.99. The van der Waals surface area contributed by atoms with E-state index in [0.29, 0.717) is 22.9 Å². The summed E-state index contributed by atoms with van der Waals surface area (Å²) < 4.78 is 0. The average molecular weight is 377 g/mol. The molecule has 25 heavy (non-hydrogen) atoms. The number of nitrogens with one attached hydrogen (secondary N) is 2. The highest BCUT2D eigenvalue weighted by atomic mass is 35.5. The van der Waals surface area contributed by atoms with Crippen molar-refractivity contribution >= 4 is 46.6 Å². The summed E-state index contributed by atoms with van der Waals surface area (Å²) in [5, 5.41) is 6.37. The first-order valence-electron chi connectivity index (χ1n) is 8.03. The van der Waals surface area contributed by atoms with Gasteiger partial charge >= 0.3 is 0 Å². The third kappa shape index (κ3) is 6.80. The number of anilines is 2. The number of hydrogen-bond acceptors (Lipinski definition) is 3. The fourth-order valence-electron chi connectivity index (χ4n) is 1.94. The number of rotatable bonds is 7. The minimum absolute atomic E-state index is 0.0315. The van der Waals surface area contributed by atoms with Crippen molar-refractivity contribution in [3.05, 3.63) is 53.6 Å². The summed E-state index contributed by atoms with van der Waals surface area (Å²) >= 11 is 7.46. The van der Waals surface area contributed by atoms with Crippen LogP contribution in [-0.4, -0.2) is 17.6 Å². The van der Waals surface area contributed by atoms with Crippen LogP contribution in [0.15, 0.2) is 53.4 Å². The van der Waals surface area contributed by atoms with Gasteiger partial charge in [0.25, 0.3) is 0 Å². The summed E-state index contributed by atoms with van der Waals surface area (Å²) in [6, 6.07) is 14.7. The molecule has 0 aliphatic rings. The first-order valence-corrected chi connectivity index (χ1v) is 9.39. The highest BCUT2D eigenvalue weighted by Gasteiger charge is 2.07. The van der Waals surface area contributed by atoms with Crippen molar-refractivity contribution < 1.29 is 9.59 Å². The van der Waals surface area contributed by atoms with E-state index in [1.54, 1.807) is 36.0 Å². The third-order valence-electron chi connectivity index (χ3n) is 3.37. The topological polar surface area (TPSA) is 58.2 Å². The number of benzene rings is 2. The van der Waals surface area contributed by atoms with Crippen LogP contribution in [0.2, 0.25) is 5.02 Å². The van der Waals surface area contributed by atoms with Crippen LogP contribution in [0.1, 0.15) is 20.3 Å². The Hall–Kier alpha value is -1.98. The molecule has 0 unspecified atom stereocenters. The molecule has 0 bridgehead atoms. The third-order valence-corrected chi connectivity index (χ3v) is 4.64. The molecule has 0 aromatic heterocycles. The Morgan fingerprint density at radius 3 is 2.08 bits per heavy atom. The molecule has 132 valence electrons. The van der Waals surface area contributed by atoms with Crippen LogP contribution in [0, 0.1) is 5.92 Å². The van der Waals surface area contributed by atoms with Gasteiger partial charge in [0.15, 0.2) is 0 Å². The molecule has 2 N–H and O–H groups in total. The molecule has 0 saturated heterocycles. The van der Waals surface area contributed by atoms with E-state index in [2.05, 4.69) is 10.6 Å². The van der Waals surface area contributed by atoms with Gasteiger partial charge in [0.05, 0.1) is 0 Å². The highest BCUT2D eigenvalue weighted by Crippen LogP contribution is 2.21. The predicted octanol–water partition coefficient (Wildman–Crippen LogP) is 5.06. The molecule has 2 aromatic rings. The quantitative estimate of drug-likeness (QED) is 0.664. The zero-order chi connectivity index (χ0) is 18.2. The first-order chi connectivity index (χ1) is 11.9. The molecule has 0 spiro atoms. The zero-order valence-corrected chi connectivity index (χ0v) is 15.8. The van der Waals surface area contributed by atoms with E-state index >= 15 is 0 Å². The van der Waals surface area contributed by atoms with E-state index in [-0.39, 0.29) is 17.7 Å². The number of amides is 2. The maximum Gasteiger partial charge on any atom is 0.226 e. The van der Waals surface area contributed by atoms with E-state index in [1.165, 1.54) is 0 Å². The van der Waals surface area contributed by atoms with Gasteiger partial charge in [-0.2, -0.15) is 0 Å². The largest absolute Gasteiger partial charge is 0.326 e. The number of thioether (sulfide) groups is 1. The first kappa shape index (κ1) is 19.3. The van der Waals surface area contributed by atoms with Crippen LogP contribution in [0.4, 0.5) is 11.4 Å². The lowest BCUT2D eigenvalue weighted by molar-refractivity contribution is -0.119.